The van der Waals surface area contributed by atoms with Crippen LogP contribution in [0, 0.1) is 11.7 Å². The van der Waals surface area contributed by atoms with Gasteiger partial charge in [-0.15, -0.1) is 0 Å². The van der Waals surface area contributed by atoms with E-state index in [0.717, 1.165) is 5.56 Å². The molecule has 2 amide bonds. The minimum Gasteiger partial charge on any atom is -0.497 e. The van der Waals surface area contributed by atoms with E-state index in [9.17, 15) is 14.0 Å². The third-order valence-corrected chi connectivity index (χ3v) is 4.48. The second kappa shape index (κ2) is 10.5. The van der Waals surface area contributed by atoms with Crippen LogP contribution in [0.4, 0.5) is 4.39 Å². The van der Waals surface area contributed by atoms with E-state index in [1.165, 1.54) is 26.4 Å². The number of methoxy groups -OCH3 is 2. The van der Waals surface area contributed by atoms with E-state index in [1.54, 1.807) is 30.3 Å². The Bertz CT molecular complexity index is 815. The molecule has 0 fully saturated rings. The van der Waals surface area contributed by atoms with Crippen molar-refractivity contribution < 1.29 is 23.5 Å². The maximum atomic E-state index is 13.0. The van der Waals surface area contributed by atoms with Crippen molar-refractivity contribution in [1.82, 2.24) is 10.6 Å². The first kappa shape index (κ1) is 22.2. The zero-order valence-corrected chi connectivity index (χ0v) is 17.1. The molecule has 1 atom stereocenters. The fraction of sp³-hybridized carbons (Fsp3) is 0.364. The van der Waals surface area contributed by atoms with Crippen LogP contribution in [0.2, 0.25) is 0 Å². The molecule has 2 rings (SSSR count). The first-order valence-corrected chi connectivity index (χ1v) is 9.40. The fourth-order valence-electron chi connectivity index (χ4n) is 2.79. The van der Waals surface area contributed by atoms with Crippen LogP contribution in [0.15, 0.2) is 42.5 Å². The van der Waals surface area contributed by atoms with Gasteiger partial charge in [0, 0.05) is 18.2 Å². The molecule has 2 aromatic rings. The molecule has 0 saturated carbocycles. The molecule has 0 aromatic heterocycles. The molecule has 156 valence electrons. The van der Waals surface area contributed by atoms with Crippen LogP contribution in [-0.2, 0) is 11.2 Å². The number of rotatable bonds is 9. The Morgan fingerprint density at radius 2 is 1.59 bits per heavy atom. The molecule has 7 heteroatoms. The molecule has 0 heterocycles. The summed E-state index contributed by atoms with van der Waals surface area (Å²) in [5.41, 5.74) is 1.26. The van der Waals surface area contributed by atoms with Gasteiger partial charge in [-0.1, -0.05) is 26.0 Å². The van der Waals surface area contributed by atoms with Crippen LogP contribution in [0.3, 0.4) is 0 Å². The first-order chi connectivity index (χ1) is 13.8. The smallest absolute Gasteiger partial charge is 0.252 e. The Balaban J connectivity index is 2.00. The van der Waals surface area contributed by atoms with Gasteiger partial charge in [0.15, 0.2) is 0 Å². The standard InChI is InChI=1S/C22H27FN2O4/c1-14(2)20(22(27)24-10-9-15-5-7-17(23)8-6-15)25-21(26)16-11-18(28-3)13-19(12-16)29-4/h5-8,11-14,20H,9-10H2,1-4H3,(H,24,27)(H,25,26). The molecule has 1 unspecified atom stereocenters. The molecule has 0 aliphatic carbocycles. The van der Waals surface area contributed by atoms with Crippen molar-refractivity contribution in [2.75, 3.05) is 20.8 Å². The number of carbonyl (C=O) groups excluding carboxylic acids is 2. The van der Waals surface area contributed by atoms with E-state index in [1.807, 2.05) is 13.8 Å². The lowest BCUT2D eigenvalue weighted by Gasteiger charge is -2.22. The number of hydrogen-bond acceptors (Lipinski definition) is 4. The predicted molar refractivity (Wildman–Crippen MR) is 109 cm³/mol. The first-order valence-electron chi connectivity index (χ1n) is 9.40. The summed E-state index contributed by atoms with van der Waals surface area (Å²) in [5.74, 6) is -0.106. The lowest BCUT2D eigenvalue weighted by atomic mass is 10.0. The maximum absolute atomic E-state index is 13.0. The lowest BCUT2D eigenvalue weighted by molar-refractivity contribution is -0.123. The molecular formula is C22H27FN2O4. The Kier molecular flexibility index (Phi) is 8.00. The topological polar surface area (TPSA) is 76.7 Å². The van der Waals surface area contributed by atoms with E-state index in [-0.39, 0.29) is 17.6 Å². The molecule has 0 aliphatic heterocycles. The van der Waals surface area contributed by atoms with Gasteiger partial charge >= 0.3 is 0 Å². The number of amides is 2. The van der Waals surface area contributed by atoms with Crippen LogP contribution < -0.4 is 20.1 Å². The van der Waals surface area contributed by atoms with Crippen molar-refractivity contribution in [1.29, 1.82) is 0 Å². The summed E-state index contributed by atoms with van der Waals surface area (Å²) in [6.07, 6.45) is 0.567. The van der Waals surface area contributed by atoms with Crippen molar-refractivity contribution in [3.63, 3.8) is 0 Å². The SMILES string of the molecule is COc1cc(OC)cc(C(=O)NC(C(=O)NCCc2ccc(F)cc2)C(C)C)c1. The zero-order valence-electron chi connectivity index (χ0n) is 17.1. The van der Waals surface area contributed by atoms with Gasteiger partial charge in [0.1, 0.15) is 23.4 Å². The molecule has 0 aliphatic rings. The summed E-state index contributed by atoms with van der Waals surface area (Å²) >= 11 is 0. The molecule has 0 saturated heterocycles. The minimum atomic E-state index is -0.701. The quantitative estimate of drug-likeness (QED) is 0.676. The van der Waals surface area contributed by atoms with Gasteiger partial charge in [-0.2, -0.15) is 0 Å². The molecule has 2 N–H and O–H groups in total. The highest BCUT2D eigenvalue weighted by molar-refractivity contribution is 5.98. The Labute approximate surface area is 170 Å². The van der Waals surface area contributed by atoms with Gasteiger partial charge in [-0.05, 0) is 42.2 Å². The van der Waals surface area contributed by atoms with Gasteiger partial charge in [0.25, 0.3) is 5.91 Å². The molecule has 0 bridgehead atoms. The van der Waals surface area contributed by atoms with Crippen molar-refractivity contribution in [3.05, 3.63) is 59.4 Å². The summed E-state index contributed by atoms with van der Waals surface area (Å²) in [6.45, 7) is 4.10. The third-order valence-electron chi connectivity index (χ3n) is 4.48. The highest BCUT2D eigenvalue weighted by Gasteiger charge is 2.25. The summed E-state index contributed by atoms with van der Waals surface area (Å²) in [7, 11) is 3.00. The second-order valence-electron chi connectivity index (χ2n) is 6.96. The second-order valence-corrected chi connectivity index (χ2v) is 6.96. The Morgan fingerprint density at radius 3 is 2.10 bits per heavy atom. The number of carbonyl (C=O) groups is 2. The largest absolute Gasteiger partial charge is 0.497 e. The van der Waals surface area contributed by atoms with Crippen molar-refractivity contribution >= 4 is 11.8 Å². The van der Waals surface area contributed by atoms with Crippen LogP contribution in [0.5, 0.6) is 11.5 Å². The lowest BCUT2D eigenvalue weighted by Crippen LogP contribution is -2.50. The molecule has 0 radical (unpaired) electrons. The molecule has 0 spiro atoms. The minimum absolute atomic E-state index is 0.114. The van der Waals surface area contributed by atoms with Gasteiger partial charge in [0.2, 0.25) is 5.91 Å². The summed E-state index contributed by atoms with van der Waals surface area (Å²) in [4.78, 5) is 25.3. The van der Waals surface area contributed by atoms with Gasteiger partial charge in [0.05, 0.1) is 14.2 Å². The molecular weight excluding hydrogens is 375 g/mol. The van der Waals surface area contributed by atoms with E-state index < -0.39 is 11.9 Å². The van der Waals surface area contributed by atoms with E-state index >= 15 is 0 Å². The van der Waals surface area contributed by atoms with Gasteiger partial charge in [-0.25, -0.2) is 4.39 Å². The molecule has 29 heavy (non-hydrogen) atoms. The summed E-state index contributed by atoms with van der Waals surface area (Å²) in [5, 5.41) is 5.61. The Morgan fingerprint density at radius 1 is 1.00 bits per heavy atom. The van der Waals surface area contributed by atoms with Crippen molar-refractivity contribution in [3.8, 4) is 11.5 Å². The van der Waals surface area contributed by atoms with Crippen LogP contribution in [0.1, 0.15) is 29.8 Å². The van der Waals surface area contributed by atoms with E-state index in [0.29, 0.717) is 30.0 Å². The van der Waals surface area contributed by atoms with Gasteiger partial charge in [-0.3, -0.25) is 9.59 Å². The number of halogens is 1. The van der Waals surface area contributed by atoms with Crippen LogP contribution >= 0.6 is 0 Å². The number of hydrogen-bond donors (Lipinski definition) is 2. The molecule has 2 aromatic carbocycles. The normalized spacial score (nSPS) is 11.7. The maximum Gasteiger partial charge on any atom is 0.252 e. The van der Waals surface area contributed by atoms with Crippen LogP contribution in [-0.4, -0.2) is 38.6 Å². The number of benzene rings is 2. The Hall–Kier alpha value is -3.09. The average Bonchev–Trinajstić information content (AvgIpc) is 2.72. The van der Waals surface area contributed by atoms with Crippen LogP contribution in [0.25, 0.3) is 0 Å². The summed E-state index contributed by atoms with van der Waals surface area (Å²) < 4.78 is 23.3. The highest BCUT2D eigenvalue weighted by atomic mass is 19.1. The van der Waals surface area contributed by atoms with E-state index in [2.05, 4.69) is 10.6 Å². The zero-order chi connectivity index (χ0) is 21.4. The van der Waals surface area contributed by atoms with E-state index in [4.69, 9.17) is 9.47 Å². The average molecular weight is 402 g/mol. The summed E-state index contributed by atoms with van der Waals surface area (Å²) in [6, 6.07) is 10.3. The van der Waals surface area contributed by atoms with Crippen molar-refractivity contribution in [2.45, 2.75) is 26.3 Å². The number of ether oxygens (including phenoxy) is 2. The van der Waals surface area contributed by atoms with Gasteiger partial charge < -0.3 is 20.1 Å². The molecule has 6 nitrogen and oxygen atoms in total. The predicted octanol–water partition coefficient (Wildman–Crippen LogP) is 2.96. The number of nitrogens with one attached hydrogen (secondary N) is 2. The monoisotopic (exact) mass is 402 g/mol. The third kappa shape index (κ3) is 6.48. The fourth-order valence-corrected chi connectivity index (χ4v) is 2.79. The van der Waals surface area contributed by atoms with Crippen molar-refractivity contribution in [2.24, 2.45) is 5.92 Å². The highest BCUT2D eigenvalue weighted by Crippen LogP contribution is 2.22.